The zero-order valence-electron chi connectivity index (χ0n) is 14.2. The van der Waals surface area contributed by atoms with Gasteiger partial charge in [-0.2, -0.15) is 0 Å². The highest BCUT2D eigenvalue weighted by molar-refractivity contribution is 5.79. The highest BCUT2D eigenvalue weighted by Crippen LogP contribution is 2.02. The molecule has 0 amide bonds. The van der Waals surface area contributed by atoms with E-state index in [9.17, 15) is 0 Å². The van der Waals surface area contributed by atoms with Crippen LogP contribution in [0.4, 0.5) is 0 Å². The molecule has 5 nitrogen and oxygen atoms in total. The van der Waals surface area contributed by atoms with Crippen molar-refractivity contribution < 1.29 is 8.83 Å². The van der Waals surface area contributed by atoms with E-state index in [0.29, 0.717) is 6.54 Å². The summed E-state index contributed by atoms with van der Waals surface area (Å²) in [5.41, 5.74) is 1.30. The third-order valence-corrected chi connectivity index (χ3v) is 3.77. The van der Waals surface area contributed by atoms with E-state index in [2.05, 4.69) is 39.9 Å². The number of aliphatic imine (C=N–C) groups is 1. The number of nitrogens with zero attached hydrogens (tertiary/aromatic N) is 1. The van der Waals surface area contributed by atoms with Crippen LogP contribution in [0, 0.1) is 0 Å². The second kappa shape index (κ2) is 9.37. The molecule has 0 unspecified atom stereocenters. The number of nitrogens with one attached hydrogen (secondary N) is 2. The Morgan fingerprint density at radius 2 is 1.44 bits per heavy atom. The first-order chi connectivity index (χ1) is 12.4. The number of hydrogen-bond acceptors (Lipinski definition) is 3. The Kier molecular flexibility index (Phi) is 6.33. The van der Waals surface area contributed by atoms with E-state index in [4.69, 9.17) is 8.83 Å². The van der Waals surface area contributed by atoms with Gasteiger partial charge in [0.2, 0.25) is 0 Å². The summed E-state index contributed by atoms with van der Waals surface area (Å²) >= 11 is 0. The van der Waals surface area contributed by atoms with Gasteiger partial charge in [-0.25, -0.2) is 4.99 Å². The van der Waals surface area contributed by atoms with Gasteiger partial charge in [0.15, 0.2) is 5.96 Å². The molecule has 2 heterocycles. The first-order valence-corrected chi connectivity index (χ1v) is 8.51. The standard InChI is InChI=1S/C20H23N3O2/c1-2-6-17(7-3-1)10-12-21-20(23-16-19-9-5-15-25-19)22-13-11-18-8-4-14-24-18/h1-9,14-15H,10-13,16H2,(H2,21,22,23). The minimum atomic E-state index is 0.508. The Balaban J connectivity index is 1.50. The first kappa shape index (κ1) is 16.9. The van der Waals surface area contributed by atoms with Crippen LogP contribution in [0.15, 0.2) is 81.0 Å². The van der Waals surface area contributed by atoms with Crippen LogP contribution in [0.1, 0.15) is 17.1 Å². The van der Waals surface area contributed by atoms with Crippen molar-refractivity contribution in [3.63, 3.8) is 0 Å². The molecular formula is C20H23N3O2. The average molecular weight is 337 g/mol. The van der Waals surface area contributed by atoms with Crippen LogP contribution in [0.2, 0.25) is 0 Å². The maximum Gasteiger partial charge on any atom is 0.191 e. The molecule has 0 atom stereocenters. The highest BCUT2D eigenvalue weighted by atomic mass is 16.3. The van der Waals surface area contributed by atoms with E-state index in [1.165, 1.54) is 5.56 Å². The number of guanidine groups is 1. The third-order valence-electron chi connectivity index (χ3n) is 3.77. The van der Waals surface area contributed by atoms with Crippen LogP contribution >= 0.6 is 0 Å². The lowest BCUT2D eigenvalue weighted by molar-refractivity contribution is 0.505. The van der Waals surface area contributed by atoms with Gasteiger partial charge in [0, 0.05) is 19.5 Å². The lowest BCUT2D eigenvalue weighted by atomic mass is 10.1. The summed E-state index contributed by atoms with van der Waals surface area (Å²) in [5.74, 6) is 2.58. The zero-order chi connectivity index (χ0) is 17.2. The molecule has 0 aliphatic rings. The Morgan fingerprint density at radius 3 is 2.12 bits per heavy atom. The SMILES string of the molecule is c1ccc(CCNC(=NCc2ccco2)NCCc2ccco2)cc1. The fourth-order valence-electron chi connectivity index (χ4n) is 2.46. The monoisotopic (exact) mass is 337 g/mol. The molecular weight excluding hydrogens is 314 g/mol. The molecule has 25 heavy (non-hydrogen) atoms. The maximum absolute atomic E-state index is 5.36. The van der Waals surface area contributed by atoms with Gasteiger partial charge >= 0.3 is 0 Å². The molecule has 0 radical (unpaired) electrons. The number of benzene rings is 1. The van der Waals surface area contributed by atoms with Crippen LogP contribution in [-0.2, 0) is 19.4 Å². The van der Waals surface area contributed by atoms with E-state index < -0.39 is 0 Å². The molecule has 2 aromatic heterocycles. The Bertz CT molecular complexity index is 735. The summed E-state index contributed by atoms with van der Waals surface area (Å²) in [4.78, 5) is 4.59. The van der Waals surface area contributed by atoms with Crippen LogP contribution in [0.3, 0.4) is 0 Å². The number of furan rings is 2. The smallest absolute Gasteiger partial charge is 0.191 e. The van der Waals surface area contributed by atoms with E-state index in [1.54, 1.807) is 12.5 Å². The van der Waals surface area contributed by atoms with E-state index in [1.807, 2.05) is 30.3 Å². The third kappa shape index (κ3) is 5.88. The summed E-state index contributed by atoms with van der Waals surface area (Å²) in [7, 11) is 0. The predicted octanol–water partition coefficient (Wildman–Crippen LogP) is 3.39. The van der Waals surface area contributed by atoms with Crippen molar-refractivity contribution in [1.82, 2.24) is 10.6 Å². The van der Waals surface area contributed by atoms with Crippen LogP contribution in [0.5, 0.6) is 0 Å². The summed E-state index contributed by atoms with van der Waals surface area (Å²) < 4.78 is 10.7. The van der Waals surface area contributed by atoms with Crippen molar-refractivity contribution in [2.24, 2.45) is 4.99 Å². The lowest BCUT2D eigenvalue weighted by Crippen LogP contribution is -2.39. The molecule has 0 aliphatic heterocycles. The van der Waals surface area contributed by atoms with Crippen LogP contribution < -0.4 is 10.6 Å². The highest BCUT2D eigenvalue weighted by Gasteiger charge is 2.02. The maximum atomic E-state index is 5.36. The van der Waals surface area contributed by atoms with Crippen molar-refractivity contribution in [1.29, 1.82) is 0 Å². The largest absolute Gasteiger partial charge is 0.469 e. The van der Waals surface area contributed by atoms with Gasteiger partial charge in [-0.15, -0.1) is 0 Å². The Labute approximate surface area is 147 Å². The van der Waals surface area contributed by atoms with Crippen molar-refractivity contribution in [3.8, 4) is 0 Å². The summed E-state index contributed by atoms with van der Waals surface area (Å²) in [6.45, 7) is 2.08. The Hall–Kier alpha value is -2.95. The van der Waals surface area contributed by atoms with Gasteiger partial charge in [-0.3, -0.25) is 0 Å². The number of hydrogen-bond donors (Lipinski definition) is 2. The van der Waals surface area contributed by atoms with E-state index in [-0.39, 0.29) is 0 Å². The fraction of sp³-hybridized carbons (Fsp3) is 0.250. The summed E-state index contributed by atoms with van der Waals surface area (Å²) in [6, 6.07) is 18.1. The van der Waals surface area contributed by atoms with Crippen molar-refractivity contribution in [2.45, 2.75) is 19.4 Å². The molecule has 3 rings (SSSR count). The van der Waals surface area contributed by atoms with Crippen LogP contribution in [0.25, 0.3) is 0 Å². The molecule has 5 heteroatoms. The van der Waals surface area contributed by atoms with Gasteiger partial charge in [0.1, 0.15) is 18.1 Å². The molecule has 0 spiro atoms. The quantitative estimate of drug-likeness (QED) is 0.488. The minimum absolute atomic E-state index is 0.508. The second-order valence-electron chi connectivity index (χ2n) is 5.66. The van der Waals surface area contributed by atoms with Gasteiger partial charge in [0.25, 0.3) is 0 Å². The molecule has 0 saturated carbocycles. The van der Waals surface area contributed by atoms with Crippen molar-refractivity contribution in [2.75, 3.05) is 13.1 Å². The number of rotatable bonds is 8. The lowest BCUT2D eigenvalue weighted by Gasteiger charge is -2.12. The van der Waals surface area contributed by atoms with Gasteiger partial charge in [-0.1, -0.05) is 30.3 Å². The van der Waals surface area contributed by atoms with Gasteiger partial charge in [0.05, 0.1) is 12.5 Å². The predicted molar refractivity (Wildman–Crippen MR) is 98.4 cm³/mol. The zero-order valence-corrected chi connectivity index (χ0v) is 14.2. The average Bonchev–Trinajstić information content (AvgIpc) is 3.34. The summed E-state index contributed by atoms with van der Waals surface area (Å²) in [5, 5.41) is 6.72. The van der Waals surface area contributed by atoms with E-state index >= 15 is 0 Å². The normalized spacial score (nSPS) is 11.4. The molecule has 2 N–H and O–H groups in total. The molecule has 0 fully saturated rings. The molecule has 3 aromatic rings. The topological polar surface area (TPSA) is 62.7 Å². The van der Waals surface area contributed by atoms with Gasteiger partial charge < -0.3 is 19.5 Å². The minimum Gasteiger partial charge on any atom is -0.469 e. The van der Waals surface area contributed by atoms with E-state index in [0.717, 1.165) is 43.4 Å². The Morgan fingerprint density at radius 1 is 0.760 bits per heavy atom. The first-order valence-electron chi connectivity index (χ1n) is 8.51. The van der Waals surface area contributed by atoms with Gasteiger partial charge in [-0.05, 0) is 36.2 Å². The molecule has 0 bridgehead atoms. The molecule has 0 aliphatic carbocycles. The van der Waals surface area contributed by atoms with Crippen molar-refractivity contribution in [3.05, 3.63) is 84.2 Å². The molecule has 0 saturated heterocycles. The summed E-state index contributed by atoms with van der Waals surface area (Å²) in [6.07, 6.45) is 5.12. The fourth-order valence-corrected chi connectivity index (χ4v) is 2.46. The molecule has 130 valence electrons. The van der Waals surface area contributed by atoms with Crippen LogP contribution in [-0.4, -0.2) is 19.0 Å². The van der Waals surface area contributed by atoms with Crippen molar-refractivity contribution >= 4 is 5.96 Å². The second-order valence-corrected chi connectivity index (χ2v) is 5.66. The molecule has 1 aromatic carbocycles.